The molecule has 1 aliphatic rings. The van der Waals surface area contributed by atoms with E-state index in [0.29, 0.717) is 17.6 Å². The number of unbranched alkanes of at least 4 members (excludes halogenated alkanes) is 1. The van der Waals surface area contributed by atoms with Crippen LogP contribution in [-0.2, 0) is 4.74 Å². The van der Waals surface area contributed by atoms with Crippen molar-refractivity contribution in [2.24, 2.45) is 5.41 Å². The van der Waals surface area contributed by atoms with E-state index in [4.69, 9.17) is 4.74 Å². The average Bonchev–Trinajstić information content (AvgIpc) is 2.25. The predicted octanol–water partition coefficient (Wildman–Crippen LogP) is 2.12. The molecule has 0 bridgehead atoms. The highest BCUT2D eigenvalue weighted by Gasteiger charge is 2.48. The number of nitrogens with zero attached hydrogens (tertiary/aromatic N) is 1. The largest absolute Gasteiger partial charge is 0.378 e. The Balaban J connectivity index is 2.09. The maximum absolute atomic E-state index is 5.74. The van der Waals surface area contributed by atoms with Gasteiger partial charge >= 0.3 is 0 Å². The van der Waals surface area contributed by atoms with Crippen LogP contribution in [0.25, 0.3) is 0 Å². The summed E-state index contributed by atoms with van der Waals surface area (Å²) in [5.41, 5.74) is 0.303. The molecule has 3 heteroatoms. The molecule has 1 rings (SSSR count). The van der Waals surface area contributed by atoms with Crippen LogP contribution in [0.3, 0.4) is 0 Å². The number of hydrogen-bond donors (Lipinski definition) is 1. The second-order valence-corrected chi connectivity index (χ2v) is 6.02. The summed E-state index contributed by atoms with van der Waals surface area (Å²) in [4.78, 5) is 2.25. The van der Waals surface area contributed by atoms with Crippen LogP contribution in [0.2, 0.25) is 0 Å². The van der Waals surface area contributed by atoms with Crippen molar-refractivity contribution in [1.29, 1.82) is 0 Å². The molecular weight excluding hydrogens is 212 g/mol. The van der Waals surface area contributed by atoms with Gasteiger partial charge in [0.15, 0.2) is 0 Å². The van der Waals surface area contributed by atoms with Crippen LogP contribution < -0.4 is 5.32 Å². The molecule has 1 N–H and O–H groups in total. The van der Waals surface area contributed by atoms with E-state index in [1.807, 2.05) is 0 Å². The third-order valence-corrected chi connectivity index (χ3v) is 3.97. The molecule has 0 heterocycles. The fraction of sp³-hybridized carbons (Fsp3) is 1.00. The molecule has 1 saturated carbocycles. The van der Waals surface area contributed by atoms with Crippen molar-refractivity contribution in [2.45, 2.75) is 52.2 Å². The molecule has 17 heavy (non-hydrogen) atoms. The summed E-state index contributed by atoms with van der Waals surface area (Å²) < 4.78 is 5.74. The third-order valence-electron chi connectivity index (χ3n) is 3.97. The molecule has 0 aromatic rings. The van der Waals surface area contributed by atoms with Crippen LogP contribution in [0.1, 0.15) is 40.0 Å². The lowest BCUT2D eigenvalue weighted by atomic mass is 9.64. The highest BCUT2D eigenvalue weighted by Crippen LogP contribution is 2.42. The smallest absolute Gasteiger partial charge is 0.0655 e. The Bertz CT molecular complexity index is 216. The zero-order valence-corrected chi connectivity index (χ0v) is 12.3. The standard InChI is InChI=1S/C14H30N2O/c1-6-17-13-11-12(14(13,2)3)15-9-7-8-10-16(4)5/h12-13,15H,6-11H2,1-5H3. The zero-order chi connectivity index (χ0) is 12.9. The average molecular weight is 242 g/mol. The van der Waals surface area contributed by atoms with Crippen molar-refractivity contribution >= 4 is 0 Å². The molecule has 0 radical (unpaired) electrons. The second-order valence-electron chi connectivity index (χ2n) is 6.02. The van der Waals surface area contributed by atoms with Gasteiger partial charge in [-0.1, -0.05) is 13.8 Å². The molecule has 0 aliphatic heterocycles. The summed E-state index contributed by atoms with van der Waals surface area (Å²) in [5.74, 6) is 0. The van der Waals surface area contributed by atoms with Gasteiger partial charge in [0.2, 0.25) is 0 Å². The van der Waals surface area contributed by atoms with Gasteiger partial charge in [0, 0.05) is 18.1 Å². The Morgan fingerprint density at radius 1 is 1.29 bits per heavy atom. The SMILES string of the molecule is CCOC1CC(NCCCCN(C)C)C1(C)C. The fourth-order valence-corrected chi connectivity index (χ4v) is 2.55. The van der Waals surface area contributed by atoms with Crippen LogP contribution in [-0.4, -0.2) is 50.8 Å². The quantitative estimate of drug-likeness (QED) is 0.660. The van der Waals surface area contributed by atoms with Gasteiger partial charge in [-0.3, -0.25) is 0 Å². The summed E-state index contributed by atoms with van der Waals surface area (Å²) in [7, 11) is 4.27. The molecule has 0 aromatic heterocycles. The van der Waals surface area contributed by atoms with E-state index in [1.54, 1.807) is 0 Å². The van der Waals surface area contributed by atoms with Gasteiger partial charge in [0.1, 0.15) is 0 Å². The van der Waals surface area contributed by atoms with Crippen LogP contribution in [0, 0.1) is 5.41 Å². The highest BCUT2D eigenvalue weighted by atomic mass is 16.5. The summed E-state index contributed by atoms with van der Waals surface area (Å²) in [6.45, 7) is 9.88. The first-order chi connectivity index (χ1) is 7.98. The molecule has 2 atom stereocenters. The highest BCUT2D eigenvalue weighted by molar-refractivity contribution is 5.02. The van der Waals surface area contributed by atoms with Crippen molar-refractivity contribution < 1.29 is 4.74 Å². The van der Waals surface area contributed by atoms with Gasteiger partial charge in [0.25, 0.3) is 0 Å². The molecule has 0 saturated heterocycles. The van der Waals surface area contributed by atoms with Gasteiger partial charge in [-0.2, -0.15) is 0 Å². The Hall–Kier alpha value is -0.120. The Morgan fingerprint density at radius 3 is 2.53 bits per heavy atom. The van der Waals surface area contributed by atoms with Crippen LogP contribution >= 0.6 is 0 Å². The van der Waals surface area contributed by atoms with Gasteiger partial charge in [-0.25, -0.2) is 0 Å². The second kappa shape index (κ2) is 6.72. The molecule has 0 amide bonds. The maximum atomic E-state index is 5.74. The first-order valence-corrected chi connectivity index (χ1v) is 6.98. The van der Waals surface area contributed by atoms with Gasteiger partial charge in [-0.15, -0.1) is 0 Å². The third kappa shape index (κ3) is 4.23. The minimum atomic E-state index is 0.303. The van der Waals surface area contributed by atoms with E-state index in [9.17, 15) is 0 Å². The molecule has 2 unspecified atom stereocenters. The number of hydrogen-bond acceptors (Lipinski definition) is 3. The predicted molar refractivity (Wildman–Crippen MR) is 73.4 cm³/mol. The number of ether oxygens (including phenoxy) is 1. The minimum Gasteiger partial charge on any atom is -0.378 e. The topological polar surface area (TPSA) is 24.5 Å². The van der Waals surface area contributed by atoms with E-state index in [1.165, 1.54) is 25.8 Å². The minimum absolute atomic E-state index is 0.303. The molecular formula is C14H30N2O. The number of rotatable bonds is 8. The molecule has 0 spiro atoms. The van der Waals surface area contributed by atoms with Crippen LogP contribution in [0.15, 0.2) is 0 Å². The monoisotopic (exact) mass is 242 g/mol. The van der Waals surface area contributed by atoms with E-state index >= 15 is 0 Å². The lowest BCUT2D eigenvalue weighted by molar-refractivity contribution is -0.113. The summed E-state index contributed by atoms with van der Waals surface area (Å²) in [6, 6.07) is 0.637. The van der Waals surface area contributed by atoms with E-state index in [2.05, 4.69) is 45.1 Å². The molecule has 102 valence electrons. The van der Waals surface area contributed by atoms with Gasteiger partial charge in [-0.05, 0) is 53.4 Å². The normalized spacial score (nSPS) is 27.2. The summed E-state index contributed by atoms with van der Waals surface area (Å²) >= 11 is 0. The van der Waals surface area contributed by atoms with Gasteiger partial charge < -0.3 is 15.0 Å². The Labute approximate surface area is 107 Å². The van der Waals surface area contributed by atoms with Crippen LogP contribution in [0.4, 0.5) is 0 Å². The summed E-state index contributed by atoms with van der Waals surface area (Å²) in [6.07, 6.45) is 4.17. The zero-order valence-electron chi connectivity index (χ0n) is 12.3. The molecule has 3 nitrogen and oxygen atoms in total. The van der Waals surface area contributed by atoms with Gasteiger partial charge in [0.05, 0.1) is 6.10 Å². The first-order valence-electron chi connectivity index (χ1n) is 6.98. The lowest BCUT2D eigenvalue weighted by Crippen LogP contribution is -2.61. The van der Waals surface area contributed by atoms with E-state index < -0.39 is 0 Å². The van der Waals surface area contributed by atoms with Crippen molar-refractivity contribution in [3.63, 3.8) is 0 Å². The van der Waals surface area contributed by atoms with Crippen molar-refractivity contribution in [3.8, 4) is 0 Å². The number of nitrogens with one attached hydrogen (secondary N) is 1. The molecule has 0 aromatic carbocycles. The van der Waals surface area contributed by atoms with Crippen LogP contribution in [0.5, 0.6) is 0 Å². The summed E-state index contributed by atoms with van der Waals surface area (Å²) in [5, 5.41) is 3.67. The fourth-order valence-electron chi connectivity index (χ4n) is 2.55. The van der Waals surface area contributed by atoms with E-state index in [0.717, 1.165) is 13.2 Å². The molecule has 1 fully saturated rings. The Morgan fingerprint density at radius 2 is 2.00 bits per heavy atom. The van der Waals surface area contributed by atoms with Crippen molar-refractivity contribution in [3.05, 3.63) is 0 Å². The van der Waals surface area contributed by atoms with E-state index in [-0.39, 0.29) is 0 Å². The van der Waals surface area contributed by atoms with Crippen molar-refractivity contribution in [2.75, 3.05) is 33.8 Å². The maximum Gasteiger partial charge on any atom is 0.0655 e. The molecule has 1 aliphatic carbocycles. The van der Waals surface area contributed by atoms with Crippen molar-refractivity contribution in [1.82, 2.24) is 10.2 Å². The Kier molecular flexibility index (Phi) is 5.90. The first kappa shape index (κ1) is 14.9. The lowest BCUT2D eigenvalue weighted by Gasteiger charge is -2.52.